The minimum Gasteiger partial charge on any atom is -0.497 e. The number of aromatic nitrogens is 2. The highest BCUT2D eigenvalue weighted by Gasteiger charge is 2.13. The number of rotatable bonds is 8. The van der Waals surface area contributed by atoms with Crippen LogP contribution in [-0.2, 0) is 0 Å². The smallest absolute Gasteiger partial charge is 0.271 e. The largest absolute Gasteiger partial charge is 0.497 e. The number of nitrogens with one attached hydrogen (secondary N) is 1. The lowest BCUT2D eigenvalue weighted by Gasteiger charge is -2.08. The second-order valence-corrected chi connectivity index (χ2v) is 7.21. The number of hydrogen-bond acceptors (Lipinski definition) is 6. The van der Waals surface area contributed by atoms with Crippen LogP contribution >= 0.6 is 0 Å². The highest BCUT2D eigenvalue weighted by molar-refractivity contribution is 5.96. The molecule has 0 aliphatic carbocycles. The molecule has 0 atom stereocenters. The number of amides is 1. The second kappa shape index (κ2) is 10.4. The highest BCUT2D eigenvalue weighted by Crippen LogP contribution is 2.28. The summed E-state index contributed by atoms with van der Waals surface area (Å²) in [4.78, 5) is 12.6. The molecule has 1 aromatic heterocycles. The maximum absolute atomic E-state index is 12.6. The molecule has 0 spiro atoms. The van der Waals surface area contributed by atoms with Gasteiger partial charge in [0.15, 0.2) is 11.5 Å². The number of hydrogen-bond donors (Lipinski definition) is 1. The van der Waals surface area contributed by atoms with Crippen LogP contribution in [0.25, 0.3) is 16.9 Å². The van der Waals surface area contributed by atoms with E-state index in [0.29, 0.717) is 17.1 Å². The maximum Gasteiger partial charge on any atom is 0.271 e. The van der Waals surface area contributed by atoms with E-state index in [1.807, 2.05) is 60.8 Å². The summed E-state index contributed by atoms with van der Waals surface area (Å²) in [6.45, 7) is 0. The maximum atomic E-state index is 12.6. The molecule has 0 fully saturated rings. The monoisotopic (exact) mass is 456 g/mol. The summed E-state index contributed by atoms with van der Waals surface area (Å²) in [7, 11) is 4.68. The first kappa shape index (κ1) is 22.6. The van der Waals surface area contributed by atoms with E-state index in [-0.39, 0.29) is 5.91 Å². The van der Waals surface area contributed by atoms with Crippen molar-refractivity contribution in [3.8, 4) is 34.2 Å². The number of benzene rings is 3. The number of carbonyl (C=O) groups excluding carboxylic acids is 1. The zero-order valence-electron chi connectivity index (χ0n) is 19.1. The van der Waals surface area contributed by atoms with Crippen LogP contribution in [0.1, 0.15) is 15.9 Å². The number of methoxy groups -OCH3 is 3. The molecule has 8 nitrogen and oxygen atoms in total. The third-order valence-electron chi connectivity index (χ3n) is 5.14. The molecule has 1 heterocycles. The molecule has 0 saturated heterocycles. The quantitative estimate of drug-likeness (QED) is 0.315. The van der Waals surface area contributed by atoms with Gasteiger partial charge in [0.25, 0.3) is 5.91 Å². The second-order valence-electron chi connectivity index (χ2n) is 7.21. The van der Waals surface area contributed by atoms with Gasteiger partial charge in [-0.2, -0.15) is 10.2 Å². The van der Waals surface area contributed by atoms with Gasteiger partial charge in [0, 0.05) is 22.9 Å². The van der Waals surface area contributed by atoms with Crippen molar-refractivity contribution in [2.75, 3.05) is 21.3 Å². The molecule has 0 aliphatic heterocycles. The van der Waals surface area contributed by atoms with E-state index in [1.54, 1.807) is 36.2 Å². The molecule has 4 aromatic rings. The van der Waals surface area contributed by atoms with Crippen molar-refractivity contribution in [2.24, 2.45) is 5.10 Å². The molecule has 3 aromatic carbocycles. The van der Waals surface area contributed by atoms with Crippen molar-refractivity contribution in [1.82, 2.24) is 15.2 Å². The van der Waals surface area contributed by atoms with Crippen molar-refractivity contribution in [1.29, 1.82) is 0 Å². The van der Waals surface area contributed by atoms with Crippen LogP contribution < -0.4 is 19.6 Å². The van der Waals surface area contributed by atoms with E-state index < -0.39 is 0 Å². The zero-order chi connectivity index (χ0) is 23.9. The van der Waals surface area contributed by atoms with Gasteiger partial charge in [-0.25, -0.2) is 10.1 Å². The van der Waals surface area contributed by atoms with Gasteiger partial charge in [-0.3, -0.25) is 4.79 Å². The number of para-hydroxylation sites is 1. The predicted octanol–water partition coefficient (Wildman–Crippen LogP) is 4.33. The molecule has 0 saturated carbocycles. The minimum absolute atomic E-state index is 0.376. The molecule has 8 heteroatoms. The van der Waals surface area contributed by atoms with Gasteiger partial charge in [0.2, 0.25) is 0 Å². The van der Waals surface area contributed by atoms with Crippen LogP contribution in [0.4, 0.5) is 0 Å². The standard InChI is InChI=1S/C26H24N4O4/c1-32-22-12-9-18(10-13-22)25-20(17-30(29-25)21-7-5-4-6-8-21)16-27-28-26(31)19-11-14-23(33-2)24(15-19)34-3/h4-17H,1-3H3,(H,28,31)/b27-16+. The predicted molar refractivity (Wildman–Crippen MR) is 130 cm³/mol. The van der Waals surface area contributed by atoms with E-state index in [2.05, 4.69) is 10.5 Å². The van der Waals surface area contributed by atoms with Crippen molar-refractivity contribution < 1.29 is 19.0 Å². The van der Waals surface area contributed by atoms with Crippen molar-refractivity contribution in [2.45, 2.75) is 0 Å². The molecular weight excluding hydrogens is 432 g/mol. The average molecular weight is 457 g/mol. The van der Waals surface area contributed by atoms with Gasteiger partial charge in [-0.15, -0.1) is 0 Å². The van der Waals surface area contributed by atoms with Gasteiger partial charge >= 0.3 is 0 Å². The summed E-state index contributed by atoms with van der Waals surface area (Å²) >= 11 is 0. The van der Waals surface area contributed by atoms with Crippen LogP contribution in [0, 0.1) is 0 Å². The normalized spacial score (nSPS) is 10.8. The Morgan fingerprint density at radius 1 is 0.912 bits per heavy atom. The number of nitrogens with zero attached hydrogens (tertiary/aromatic N) is 3. The van der Waals surface area contributed by atoms with Crippen molar-refractivity contribution >= 4 is 12.1 Å². The van der Waals surface area contributed by atoms with Gasteiger partial charge < -0.3 is 14.2 Å². The average Bonchev–Trinajstić information content (AvgIpc) is 3.32. The Balaban J connectivity index is 1.61. The van der Waals surface area contributed by atoms with Crippen LogP contribution in [-0.4, -0.2) is 43.2 Å². The van der Waals surface area contributed by atoms with Crippen LogP contribution in [0.5, 0.6) is 17.2 Å². The molecule has 4 rings (SSSR count). The fourth-order valence-electron chi connectivity index (χ4n) is 3.37. The lowest BCUT2D eigenvalue weighted by Crippen LogP contribution is -2.17. The molecular formula is C26H24N4O4. The molecule has 172 valence electrons. The van der Waals surface area contributed by atoms with E-state index in [1.165, 1.54) is 14.2 Å². The summed E-state index contributed by atoms with van der Waals surface area (Å²) in [6.07, 6.45) is 3.44. The topological polar surface area (TPSA) is 87.0 Å². The van der Waals surface area contributed by atoms with Crippen LogP contribution in [0.3, 0.4) is 0 Å². The molecule has 0 bridgehead atoms. The van der Waals surface area contributed by atoms with Crippen molar-refractivity contribution in [3.05, 3.63) is 90.1 Å². The fraction of sp³-hybridized carbons (Fsp3) is 0.115. The number of carbonyl (C=O) groups is 1. The summed E-state index contributed by atoms with van der Waals surface area (Å²) < 4.78 is 17.5. The molecule has 1 N–H and O–H groups in total. The summed E-state index contributed by atoms with van der Waals surface area (Å²) in [5, 5.41) is 8.91. The first-order valence-corrected chi connectivity index (χ1v) is 10.5. The summed E-state index contributed by atoms with van der Waals surface area (Å²) in [5.74, 6) is 1.38. The molecule has 0 unspecified atom stereocenters. The molecule has 34 heavy (non-hydrogen) atoms. The van der Waals surface area contributed by atoms with Gasteiger partial charge in [-0.05, 0) is 54.6 Å². The number of hydrazone groups is 1. The first-order chi connectivity index (χ1) is 16.6. The Kier molecular flexibility index (Phi) is 6.88. The van der Waals surface area contributed by atoms with Gasteiger partial charge in [0.05, 0.1) is 33.2 Å². The SMILES string of the molecule is COc1ccc(-c2nn(-c3ccccc3)cc2/C=N/NC(=O)c2ccc(OC)c(OC)c2)cc1. The lowest BCUT2D eigenvalue weighted by molar-refractivity contribution is 0.0954. The zero-order valence-corrected chi connectivity index (χ0v) is 19.1. The fourth-order valence-corrected chi connectivity index (χ4v) is 3.37. The third kappa shape index (κ3) is 4.91. The first-order valence-electron chi connectivity index (χ1n) is 10.5. The number of ether oxygens (including phenoxy) is 3. The van der Waals surface area contributed by atoms with E-state index >= 15 is 0 Å². The van der Waals surface area contributed by atoms with Crippen LogP contribution in [0.2, 0.25) is 0 Å². The van der Waals surface area contributed by atoms with E-state index in [0.717, 1.165) is 28.3 Å². The van der Waals surface area contributed by atoms with Crippen molar-refractivity contribution in [3.63, 3.8) is 0 Å². The Bertz CT molecular complexity index is 1300. The Labute approximate surface area is 197 Å². The van der Waals surface area contributed by atoms with Gasteiger partial charge in [-0.1, -0.05) is 18.2 Å². The highest BCUT2D eigenvalue weighted by atomic mass is 16.5. The molecule has 0 radical (unpaired) electrons. The van der Waals surface area contributed by atoms with Crippen LogP contribution in [0.15, 0.2) is 84.1 Å². The molecule has 0 aliphatic rings. The Hall–Kier alpha value is -4.59. The summed E-state index contributed by atoms with van der Waals surface area (Å²) in [5.41, 5.74) is 6.21. The van der Waals surface area contributed by atoms with E-state index in [4.69, 9.17) is 19.3 Å². The Morgan fingerprint density at radius 2 is 1.65 bits per heavy atom. The summed E-state index contributed by atoms with van der Waals surface area (Å²) in [6, 6.07) is 22.3. The minimum atomic E-state index is -0.376. The lowest BCUT2D eigenvalue weighted by atomic mass is 10.1. The van der Waals surface area contributed by atoms with Gasteiger partial charge in [0.1, 0.15) is 11.4 Å². The Morgan fingerprint density at radius 3 is 2.32 bits per heavy atom. The molecule has 1 amide bonds. The third-order valence-corrected chi connectivity index (χ3v) is 5.14. The van der Waals surface area contributed by atoms with E-state index in [9.17, 15) is 4.79 Å².